The zero-order chi connectivity index (χ0) is 15.5. The molecular weight excluding hydrogens is 300 g/mol. The molecule has 0 atom stereocenters. The lowest BCUT2D eigenvalue weighted by Crippen LogP contribution is -2.15. The Morgan fingerprint density at radius 1 is 1.05 bits per heavy atom. The van der Waals surface area contributed by atoms with Crippen LogP contribution in [0.4, 0.5) is 14.5 Å². The summed E-state index contributed by atoms with van der Waals surface area (Å²) in [6, 6.07) is 8.69. The number of ether oxygens (including phenoxy) is 1. The average molecular weight is 313 g/mol. The molecule has 2 aromatic rings. The van der Waals surface area contributed by atoms with Crippen LogP contribution in [-0.4, -0.2) is 20.8 Å². The fourth-order valence-corrected chi connectivity index (χ4v) is 2.84. The first-order valence-corrected chi connectivity index (χ1v) is 7.70. The van der Waals surface area contributed by atoms with Crippen LogP contribution in [0.5, 0.6) is 5.75 Å². The quantitative estimate of drug-likeness (QED) is 0.861. The Labute approximate surface area is 121 Å². The van der Waals surface area contributed by atoms with Crippen LogP contribution in [0.3, 0.4) is 0 Å². The molecule has 0 aromatic heterocycles. The lowest BCUT2D eigenvalue weighted by atomic mass is 10.3. The lowest BCUT2D eigenvalue weighted by molar-refractivity contribution is 0.340. The maximum Gasteiger partial charge on any atom is 0.184 e. The SMILES string of the molecule is Nc1ccc(OCCS(=O)(=O)c2cc(F)ccc2F)cc1. The van der Waals surface area contributed by atoms with Gasteiger partial charge in [-0.2, -0.15) is 0 Å². The Morgan fingerprint density at radius 3 is 2.38 bits per heavy atom. The zero-order valence-electron chi connectivity index (χ0n) is 10.9. The van der Waals surface area contributed by atoms with E-state index < -0.39 is 32.1 Å². The number of hydrogen-bond acceptors (Lipinski definition) is 4. The van der Waals surface area contributed by atoms with E-state index in [1.165, 1.54) is 0 Å². The van der Waals surface area contributed by atoms with Crippen molar-refractivity contribution in [2.75, 3.05) is 18.1 Å². The highest BCUT2D eigenvalue weighted by Gasteiger charge is 2.20. The Hall–Kier alpha value is -2.15. The number of sulfone groups is 1. The van der Waals surface area contributed by atoms with Crippen molar-refractivity contribution in [3.05, 3.63) is 54.1 Å². The molecule has 0 unspecified atom stereocenters. The molecule has 112 valence electrons. The monoisotopic (exact) mass is 313 g/mol. The molecule has 0 aliphatic rings. The second-order valence-electron chi connectivity index (χ2n) is 4.31. The number of rotatable bonds is 5. The third-order valence-corrected chi connectivity index (χ3v) is 4.42. The van der Waals surface area contributed by atoms with Crippen molar-refractivity contribution < 1.29 is 21.9 Å². The largest absolute Gasteiger partial charge is 0.493 e. The molecule has 0 bridgehead atoms. The number of nitrogen functional groups attached to an aromatic ring is 1. The number of anilines is 1. The second-order valence-corrected chi connectivity index (χ2v) is 6.39. The van der Waals surface area contributed by atoms with Crippen molar-refractivity contribution in [3.8, 4) is 5.75 Å². The molecule has 0 heterocycles. The van der Waals surface area contributed by atoms with Crippen LogP contribution >= 0.6 is 0 Å². The molecule has 0 spiro atoms. The summed E-state index contributed by atoms with van der Waals surface area (Å²) in [6.07, 6.45) is 0. The highest BCUT2D eigenvalue weighted by atomic mass is 32.2. The minimum Gasteiger partial charge on any atom is -0.493 e. The first-order chi connectivity index (χ1) is 9.88. The van der Waals surface area contributed by atoms with Crippen LogP contribution in [0.2, 0.25) is 0 Å². The number of hydrogen-bond donors (Lipinski definition) is 1. The van der Waals surface area contributed by atoms with Gasteiger partial charge in [-0.25, -0.2) is 17.2 Å². The van der Waals surface area contributed by atoms with Gasteiger partial charge in [-0.05, 0) is 42.5 Å². The topological polar surface area (TPSA) is 69.4 Å². The first kappa shape index (κ1) is 15.2. The van der Waals surface area contributed by atoms with Gasteiger partial charge in [0.05, 0.1) is 5.75 Å². The molecule has 0 aliphatic heterocycles. The summed E-state index contributed by atoms with van der Waals surface area (Å²) in [5.41, 5.74) is 6.06. The fourth-order valence-electron chi connectivity index (χ4n) is 1.66. The molecule has 2 rings (SSSR count). The Kier molecular flexibility index (Phi) is 4.42. The van der Waals surface area contributed by atoms with Gasteiger partial charge in [-0.3, -0.25) is 0 Å². The molecule has 0 fully saturated rings. The van der Waals surface area contributed by atoms with E-state index in [1.807, 2.05) is 0 Å². The van der Waals surface area contributed by atoms with Gasteiger partial charge >= 0.3 is 0 Å². The van der Waals surface area contributed by atoms with E-state index in [-0.39, 0.29) is 6.61 Å². The van der Waals surface area contributed by atoms with Crippen molar-refractivity contribution in [2.24, 2.45) is 0 Å². The molecule has 4 nitrogen and oxygen atoms in total. The molecular formula is C14H13F2NO3S. The number of nitrogens with two attached hydrogens (primary N) is 1. The molecule has 0 radical (unpaired) electrons. The van der Waals surface area contributed by atoms with Crippen molar-refractivity contribution in [1.82, 2.24) is 0 Å². The predicted molar refractivity (Wildman–Crippen MR) is 74.8 cm³/mol. The summed E-state index contributed by atoms with van der Waals surface area (Å²) in [5, 5.41) is 0. The van der Waals surface area contributed by atoms with E-state index in [2.05, 4.69) is 0 Å². The molecule has 7 heteroatoms. The van der Waals surface area contributed by atoms with Gasteiger partial charge in [-0.15, -0.1) is 0 Å². The molecule has 0 amide bonds. The summed E-state index contributed by atoms with van der Waals surface area (Å²) >= 11 is 0. The highest BCUT2D eigenvalue weighted by Crippen LogP contribution is 2.18. The molecule has 2 N–H and O–H groups in total. The minimum atomic E-state index is -3.96. The van der Waals surface area contributed by atoms with Crippen LogP contribution in [0.1, 0.15) is 0 Å². The van der Waals surface area contributed by atoms with Crippen LogP contribution in [0.15, 0.2) is 47.4 Å². The number of benzene rings is 2. The van der Waals surface area contributed by atoms with Gasteiger partial charge in [0.15, 0.2) is 9.84 Å². The van der Waals surface area contributed by atoms with E-state index in [0.29, 0.717) is 17.5 Å². The fraction of sp³-hybridized carbons (Fsp3) is 0.143. The Bertz CT molecular complexity index is 730. The molecule has 2 aromatic carbocycles. The Balaban J connectivity index is 2.04. The van der Waals surface area contributed by atoms with Crippen LogP contribution in [0.25, 0.3) is 0 Å². The predicted octanol–water partition coefficient (Wildman–Crippen LogP) is 2.40. The summed E-state index contributed by atoms with van der Waals surface area (Å²) in [7, 11) is -3.96. The van der Waals surface area contributed by atoms with Gasteiger partial charge in [0.2, 0.25) is 0 Å². The normalized spacial score (nSPS) is 11.3. The van der Waals surface area contributed by atoms with Crippen molar-refractivity contribution in [2.45, 2.75) is 4.90 Å². The van der Waals surface area contributed by atoms with Crippen LogP contribution < -0.4 is 10.5 Å². The summed E-state index contributed by atoms with van der Waals surface area (Å²) in [4.78, 5) is -0.664. The van der Waals surface area contributed by atoms with Gasteiger partial charge in [0, 0.05) is 5.69 Å². The van der Waals surface area contributed by atoms with Gasteiger partial charge < -0.3 is 10.5 Å². The van der Waals surface area contributed by atoms with E-state index >= 15 is 0 Å². The van der Waals surface area contributed by atoms with Crippen LogP contribution in [-0.2, 0) is 9.84 Å². The van der Waals surface area contributed by atoms with Crippen molar-refractivity contribution >= 4 is 15.5 Å². The summed E-state index contributed by atoms with van der Waals surface area (Å²) in [6.45, 7) is -0.178. The first-order valence-electron chi connectivity index (χ1n) is 6.04. The molecule has 0 saturated heterocycles. The Morgan fingerprint density at radius 2 is 1.71 bits per heavy atom. The van der Waals surface area contributed by atoms with Gasteiger partial charge in [0.25, 0.3) is 0 Å². The summed E-state index contributed by atoms with van der Waals surface area (Å²) < 4.78 is 55.6. The van der Waals surface area contributed by atoms with Crippen molar-refractivity contribution in [1.29, 1.82) is 0 Å². The van der Waals surface area contributed by atoms with Gasteiger partial charge in [-0.1, -0.05) is 0 Å². The standard InChI is InChI=1S/C14H13F2NO3S/c15-10-1-6-13(16)14(9-10)21(18,19)8-7-20-12-4-2-11(17)3-5-12/h1-6,9H,7-8,17H2. The summed E-state index contributed by atoms with van der Waals surface area (Å²) in [5.74, 6) is -1.81. The smallest absolute Gasteiger partial charge is 0.184 e. The number of halogens is 2. The minimum absolute atomic E-state index is 0.178. The second kappa shape index (κ2) is 6.09. The van der Waals surface area contributed by atoms with Gasteiger partial charge in [0.1, 0.15) is 28.9 Å². The third-order valence-electron chi connectivity index (χ3n) is 2.73. The molecule has 21 heavy (non-hydrogen) atoms. The van der Waals surface area contributed by atoms with Crippen LogP contribution in [0, 0.1) is 11.6 Å². The molecule has 0 aliphatic carbocycles. The molecule has 0 saturated carbocycles. The van der Waals surface area contributed by atoms with E-state index in [4.69, 9.17) is 10.5 Å². The van der Waals surface area contributed by atoms with E-state index in [0.717, 1.165) is 12.1 Å². The van der Waals surface area contributed by atoms with E-state index in [9.17, 15) is 17.2 Å². The van der Waals surface area contributed by atoms with Crippen molar-refractivity contribution in [3.63, 3.8) is 0 Å². The maximum absolute atomic E-state index is 13.5. The third kappa shape index (κ3) is 3.91. The maximum atomic E-state index is 13.5. The van der Waals surface area contributed by atoms with E-state index in [1.54, 1.807) is 24.3 Å². The average Bonchev–Trinajstić information content (AvgIpc) is 2.43. The lowest BCUT2D eigenvalue weighted by Gasteiger charge is -2.08. The zero-order valence-corrected chi connectivity index (χ0v) is 11.7. The highest BCUT2D eigenvalue weighted by molar-refractivity contribution is 7.91.